The monoisotopic (exact) mass is 218 g/mol. The minimum absolute atomic E-state index is 0.568. The molecule has 2 N–H and O–H groups in total. The summed E-state index contributed by atoms with van der Waals surface area (Å²) >= 11 is 0. The van der Waals surface area contributed by atoms with Gasteiger partial charge in [-0.15, -0.1) is 0 Å². The summed E-state index contributed by atoms with van der Waals surface area (Å²) in [4.78, 5) is 2.51. The predicted molar refractivity (Wildman–Crippen MR) is 65.5 cm³/mol. The van der Waals surface area contributed by atoms with Crippen LogP contribution in [0.4, 0.5) is 11.4 Å². The average Bonchev–Trinajstić information content (AvgIpc) is 2.47. The first kappa shape index (κ1) is 9.97. The average molecular weight is 218 g/mol. The lowest BCUT2D eigenvalue weighted by Gasteiger charge is -2.36. The molecule has 0 amide bonds. The van der Waals surface area contributed by atoms with E-state index in [0.29, 0.717) is 12.6 Å². The normalized spacial score (nSPS) is 24.5. The zero-order valence-electron chi connectivity index (χ0n) is 9.48. The summed E-state index contributed by atoms with van der Waals surface area (Å²) in [5, 5.41) is 0. The van der Waals surface area contributed by atoms with Crippen LogP contribution in [0.25, 0.3) is 0 Å². The smallest absolute Gasteiger partial charge is 0.0738 e. The Balaban J connectivity index is 2.00. The number of benzene rings is 1. The summed E-state index contributed by atoms with van der Waals surface area (Å²) < 4.78 is 5.75. The second-order valence-corrected chi connectivity index (χ2v) is 4.75. The maximum Gasteiger partial charge on any atom is 0.0738 e. The van der Waals surface area contributed by atoms with Gasteiger partial charge in [0.15, 0.2) is 0 Å². The van der Waals surface area contributed by atoms with Gasteiger partial charge in [-0.3, -0.25) is 0 Å². The van der Waals surface area contributed by atoms with Gasteiger partial charge in [-0.25, -0.2) is 0 Å². The van der Waals surface area contributed by atoms with Crippen LogP contribution in [-0.4, -0.2) is 19.2 Å². The van der Waals surface area contributed by atoms with Crippen molar-refractivity contribution in [3.63, 3.8) is 0 Å². The van der Waals surface area contributed by atoms with Crippen LogP contribution in [0.2, 0.25) is 0 Å². The zero-order valence-corrected chi connectivity index (χ0v) is 9.48. The van der Waals surface area contributed by atoms with E-state index in [1.165, 1.54) is 30.5 Å². The highest BCUT2D eigenvalue weighted by Gasteiger charge is 2.26. The molecule has 1 aromatic carbocycles. The van der Waals surface area contributed by atoms with E-state index in [1.807, 2.05) is 12.1 Å². The molecule has 3 nitrogen and oxygen atoms in total. The van der Waals surface area contributed by atoms with Crippen molar-refractivity contribution in [1.82, 2.24) is 0 Å². The van der Waals surface area contributed by atoms with E-state index in [9.17, 15) is 0 Å². The minimum atomic E-state index is 0.568. The second-order valence-electron chi connectivity index (χ2n) is 4.75. The Hall–Kier alpha value is -1.22. The molecule has 0 saturated carbocycles. The molecule has 3 rings (SSSR count). The van der Waals surface area contributed by atoms with Gasteiger partial charge in [0.1, 0.15) is 0 Å². The summed E-state index contributed by atoms with van der Waals surface area (Å²) in [6.07, 6.45) is 3.87. The molecular weight excluding hydrogens is 200 g/mol. The molecule has 1 unspecified atom stereocenters. The number of fused-ring (bicyclic) bond motifs is 3. The van der Waals surface area contributed by atoms with E-state index in [2.05, 4.69) is 11.0 Å². The van der Waals surface area contributed by atoms with Gasteiger partial charge in [0.05, 0.1) is 19.3 Å². The van der Waals surface area contributed by atoms with Gasteiger partial charge in [0, 0.05) is 23.5 Å². The SMILES string of the molecule is Nc1ccc2c(c1)COCC1CCCCN21. The molecule has 16 heavy (non-hydrogen) atoms. The number of piperidine rings is 1. The summed E-state index contributed by atoms with van der Waals surface area (Å²) in [5.74, 6) is 0. The van der Waals surface area contributed by atoms with Gasteiger partial charge in [0.2, 0.25) is 0 Å². The third-order valence-electron chi connectivity index (χ3n) is 3.61. The molecule has 2 aliphatic heterocycles. The lowest BCUT2D eigenvalue weighted by Crippen LogP contribution is -2.41. The number of hydrogen-bond donors (Lipinski definition) is 1. The Labute approximate surface area is 96.2 Å². The van der Waals surface area contributed by atoms with Crippen LogP contribution in [0.15, 0.2) is 18.2 Å². The fourth-order valence-electron chi connectivity index (χ4n) is 2.80. The maximum absolute atomic E-state index is 5.83. The maximum atomic E-state index is 5.83. The van der Waals surface area contributed by atoms with E-state index < -0.39 is 0 Å². The van der Waals surface area contributed by atoms with Crippen molar-refractivity contribution in [2.75, 3.05) is 23.8 Å². The lowest BCUT2D eigenvalue weighted by atomic mass is 10.0. The second kappa shape index (κ2) is 3.98. The standard InChI is InChI=1S/C13H18N2O/c14-11-4-5-13-10(7-11)8-16-9-12-3-1-2-6-15(12)13/h4-5,7,12H,1-3,6,8-9,14H2. The number of nitrogens with two attached hydrogens (primary N) is 1. The van der Waals surface area contributed by atoms with Gasteiger partial charge in [0.25, 0.3) is 0 Å². The largest absolute Gasteiger partial charge is 0.399 e. The van der Waals surface area contributed by atoms with Crippen molar-refractivity contribution in [2.45, 2.75) is 31.9 Å². The van der Waals surface area contributed by atoms with Crippen molar-refractivity contribution in [3.05, 3.63) is 23.8 Å². The van der Waals surface area contributed by atoms with Crippen molar-refractivity contribution in [2.24, 2.45) is 0 Å². The van der Waals surface area contributed by atoms with Crippen LogP contribution in [0.3, 0.4) is 0 Å². The van der Waals surface area contributed by atoms with E-state index in [-0.39, 0.29) is 0 Å². The van der Waals surface area contributed by atoms with Crippen LogP contribution in [0.5, 0.6) is 0 Å². The molecule has 3 heteroatoms. The lowest BCUT2D eigenvalue weighted by molar-refractivity contribution is 0.107. The van der Waals surface area contributed by atoms with Gasteiger partial charge in [-0.1, -0.05) is 0 Å². The van der Waals surface area contributed by atoms with E-state index in [1.54, 1.807) is 0 Å². The molecule has 86 valence electrons. The Kier molecular flexibility index (Phi) is 2.48. The van der Waals surface area contributed by atoms with Gasteiger partial charge >= 0.3 is 0 Å². The van der Waals surface area contributed by atoms with Crippen LogP contribution >= 0.6 is 0 Å². The first-order chi connectivity index (χ1) is 7.84. The topological polar surface area (TPSA) is 38.5 Å². The molecular formula is C13H18N2O. The number of hydrogen-bond acceptors (Lipinski definition) is 3. The molecule has 2 heterocycles. The fourth-order valence-corrected chi connectivity index (χ4v) is 2.80. The summed E-state index contributed by atoms with van der Waals surface area (Å²) in [6, 6.07) is 6.76. The van der Waals surface area contributed by atoms with Crippen LogP contribution in [0, 0.1) is 0 Å². The molecule has 0 bridgehead atoms. The number of nitrogens with zero attached hydrogens (tertiary/aromatic N) is 1. The quantitative estimate of drug-likeness (QED) is 0.678. The first-order valence-electron chi connectivity index (χ1n) is 6.07. The summed E-state index contributed by atoms with van der Waals surface area (Å²) in [5.41, 5.74) is 9.23. The van der Waals surface area contributed by atoms with E-state index in [0.717, 1.165) is 18.8 Å². The number of ether oxygens (including phenoxy) is 1. The molecule has 0 aromatic heterocycles. The predicted octanol–water partition coefficient (Wildman–Crippen LogP) is 2.16. The molecule has 2 aliphatic rings. The minimum Gasteiger partial charge on any atom is -0.399 e. The fraction of sp³-hybridized carbons (Fsp3) is 0.538. The van der Waals surface area contributed by atoms with Gasteiger partial charge in [-0.2, -0.15) is 0 Å². The van der Waals surface area contributed by atoms with Crippen LogP contribution < -0.4 is 10.6 Å². The Morgan fingerprint density at radius 1 is 1.31 bits per heavy atom. The molecule has 0 radical (unpaired) electrons. The number of rotatable bonds is 0. The molecule has 1 aromatic rings. The molecule has 1 atom stereocenters. The zero-order chi connectivity index (χ0) is 11.0. The molecule has 1 fully saturated rings. The number of anilines is 2. The third kappa shape index (κ3) is 1.65. The van der Waals surface area contributed by atoms with Crippen LogP contribution in [0.1, 0.15) is 24.8 Å². The van der Waals surface area contributed by atoms with Crippen LogP contribution in [-0.2, 0) is 11.3 Å². The molecule has 0 aliphatic carbocycles. The highest BCUT2D eigenvalue weighted by atomic mass is 16.5. The highest BCUT2D eigenvalue weighted by Crippen LogP contribution is 2.32. The summed E-state index contributed by atoms with van der Waals surface area (Å²) in [7, 11) is 0. The summed E-state index contributed by atoms with van der Waals surface area (Å²) in [6.45, 7) is 2.72. The first-order valence-corrected chi connectivity index (χ1v) is 6.07. The molecule has 0 spiro atoms. The Morgan fingerprint density at radius 3 is 3.19 bits per heavy atom. The van der Waals surface area contributed by atoms with Crippen molar-refractivity contribution >= 4 is 11.4 Å². The van der Waals surface area contributed by atoms with Gasteiger partial charge in [-0.05, 0) is 37.5 Å². The van der Waals surface area contributed by atoms with Crippen molar-refractivity contribution < 1.29 is 4.74 Å². The third-order valence-corrected chi connectivity index (χ3v) is 3.61. The molecule has 1 saturated heterocycles. The van der Waals surface area contributed by atoms with E-state index in [4.69, 9.17) is 10.5 Å². The van der Waals surface area contributed by atoms with Crippen molar-refractivity contribution in [1.29, 1.82) is 0 Å². The van der Waals surface area contributed by atoms with E-state index >= 15 is 0 Å². The van der Waals surface area contributed by atoms with Gasteiger partial charge < -0.3 is 15.4 Å². The highest BCUT2D eigenvalue weighted by molar-refractivity contribution is 5.60. The Morgan fingerprint density at radius 2 is 2.25 bits per heavy atom. The Bertz CT molecular complexity index is 392. The van der Waals surface area contributed by atoms with Crippen molar-refractivity contribution in [3.8, 4) is 0 Å². The number of nitrogen functional groups attached to an aromatic ring is 1.